The van der Waals surface area contributed by atoms with Gasteiger partial charge in [-0.05, 0) is 181 Å². The van der Waals surface area contributed by atoms with Crippen molar-refractivity contribution in [1.82, 2.24) is 0 Å². The predicted molar refractivity (Wildman–Crippen MR) is 275 cm³/mol. The zero-order valence-electron chi connectivity index (χ0n) is 36.5. The molecular weight excluding hydrogens is 784 g/mol. The summed E-state index contributed by atoms with van der Waals surface area (Å²) >= 11 is 0. The fourth-order valence-electron chi connectivity index (χ4n) is 13.6. The van der Waals surface area contributed by atoms with E-state index in [1.807, 2.05) is 0 Å². The van der Waals surface area contributed by atoms with Crippen molar-refractivity contribution in [3.8, 4) is 11.1 Å². The van der Waals surface area contributed by atoms with Gasteiger partial charge in [0.1, 0.15) is 0 Å². The summed E-state index contributed by atoms with van der Waals surface area (Å²) in [4.78, 5) is 5.42. The lowest BCUT2D eigenvalue weighted by Gasteiger charge is -2.46. The van der Waals surface area contributed by atoms with Crippen LogP contribution in [0.1, 0.15) is 70.9 Å². The van der Waals surface area contributed by atoms with Crippen molar-refractivity contribution in [2.75, 3.05) is 9.80 Å². The first-order valence-corrected chi connectivity index (χ1v) is 24.2. The summed E-state index contributed by atoms with van der Waals surface area (Å²) in [5.41, 5.74) is 24.1. The molecule has 0 N–H and O–H groups in total. The summed E-state index contributed by atoms with van der Waals surface area (Å²) < 4.78 is 0. The summed E-state index contributed by atoms with van der Waals surface area (Å²) in [6, 6.07) is 59.3. The molecule has 2 heterocycles. The van der Waals surface area contributed by atoms with E-state index in [-0.39, 0.29) is 6.71 Å². The molecule has 9 aromatic carbocycles. The molecule has 2 atom stereocenters. The van der Waals surface area contributed by atoms with Gasteiger partial charge in [0, 0.05) is 46.0 Å². The second kappa shape index (κ2) is 13.7. The fourth-order valence-corrected chi connectivity index (χ4v) is 13.6. The van der Waals surface area contributed by atoms with Crippen LogP contribution >= 0.6 is 0 Å². The molecular formula is C62H47BN2. The Morgan fingerprint density at radius 1 is 0.400 bits per heavy atom. The van der Waals surface area contributed by atoms with E-state index in [0.717, 1.165) is 25.7 Å². The second-order valence-electron chi connectivity index (χ2n) is 19.5. The van der Waals surface area contributed by atoms with E-state index in [0.29, 0.717) is 11.8 Å². The number of aryl methyl sites for hydroxylation is 2. The average Bonchev–Trinajstić information content (AvgIpc) is 3.38. The molecule has 9 aromatic rings. The van der Waals surface area contributed by atoms with E-state index in [4.69, 9.17) is 0 Å². The number of anilines is 6. The monoisotopic (exact) mass is 830 g/mol. The van der Waals surface area contributed by atoms with E-state index in [2.05, 4.69) is 186 Å². The molecule has 0 bridgehead atoms. The highest BCUT2D eigenvalue weighted by atomic mass is 15.2. The molecule has 308 valence electrons. The number of nitrogens with zero attached hydrogens (tertiary/aromatic N) is 2. The molecule has 0 saturated heterocycles. The summed E-state index contributed by atoms with van der Waals surface area (Å²) in [6.45, 7) is 0.128. The van der Waals surface area contributed by atoms with Crippen molar-refractivity contribution < 1.29 is 0 Å². The van der Waals surface area contributed by atoms with Crippen LogP contribution in [0.15, 0.2) is 176 Å². The number of rotatable bonds is 2. The lowest BCUT2D eigenvalue weighted by molar-refractivity contribution is 0.686. The van der Waals surface area contributed by atoms with Crippen molar-refractivity contribution >= 4 is 89.5 Å². The molecule has 65 heavy (non-hydrogen) atoms. The highest BCUT2D eigenvalue weighted by Crippen LogP contribution is 2.53. The Hall–Kier alpha value is -7.10. The minimum absolute atomic E-state index is 0.128. The molecule has 2 nitrogen and oxygen atoms in total. The molecule has 2 unspecified atom stereocenters. The van der Waals surface area contributed by atoms with Gasteiger partial charge in [-0.25, -0.2) is 0 Å². The van der Waals surface area contributed by atoms with Crippen molar-refractivity contribution in [3.05, 3.63) is 209 Å². The summed E-state index contributed by atoms with van der Waals surface area (Å²) in [5.74, 6) is 0.633. The van der Waals surface area contributed by atoms with Gasteiger partial charge in [0.05, 0.1) is 0 Å². The maximum atomic E-state index is 2.72. The third-order valence-electron chi connectivity index (χ3n) is 16.4. The maximum absolute atomic E-state index is 2.72. The molecule has 0 amide bonds. The van der Waals surface area contributed by atoms with Crippen LogP contribution in [-0.2, 0) is 25.7 Å². The molecule has 0 radical (unpaired) electrons. The van der Waals surface area contributed by atoms with Gasteiger partial charge in [0.15, 0.2) is 0 Å². The van der Waals surface area contributed by atoms with Gasteiger partial charge in [0.2, 0.25) is 0 Å². The van der Waals surface area contributed by atoms with E-state index in [1.54, 1.807) is 11.1 Å². The van der Waals surface area contributed by atoms with Crippen molar-refractivity contribution in [3.63, 3.8) is 0 Å². The van der Waals surface area contributed by atoms with Crippen molar-refractivity contribution in [2.45, 2.75) is 63.2 Å². The van der Waals surface area contributed by atoms with Crippen molar-refractivity contribution in [2.24, 2.45) is 0 Å². The van der Waals surface area contributed by atoms with Crippen LogP contribution < -0.4 is 26.2 Å². The molecule has 15 rings (SSSR count). The fraction of sp³-hybridized carbons (Fsp3) is 0.161. The lowest BCUT2D eigenvalue weighted by atomic mass is 9.33. The molecule has 6 aliphatic rings. The zero-order valence-corrected chi connectivity index (χ0v) is 36.5. The third-order valence-corrected chi connectivity index (χ3v) is 16.4. The number of hydrogen-bond donors (Lipinski definition) is 0. The zero-order chi connectivity index (χ0) is 42.3. The van der Waals surface area contributed by atoms with Gasteiger partial charge in [-0.3, -0.25) is 0 Å². The van der Waals surface area contributed by atoms with Crippen LogP contribution in [0.5, 0.6) is 0 Å². The first-order chi connectivity index (χ1) is 32.3. The first-order valence-electron chi connectivity index (χ1n) is 24.2. The van der Waals surface area contributed by atoms with E-state index in [9.17, 15) is 0 Å². The molecule has 0 spiro atoms. The number of benzene rings is 9. The number of hydrogen-bond acceptors (Lipinski definition) is 2. The van der Waals surface area contributed by atoms with Crippen LogP contribution in [0.25, 0.3) is 43.4 Å². The van der Waals surface area contributed by atoms with Gasteiger partial charge in [-0.1, -0.05) is 140 Å². The molecule has 0 fully saturated rings. The highest BCUT2D eigenvalue weighted by Gasteiger charge is 2.46. The predicted octanol–water partition coefficient (Wildman–Crippen LogP) is 14.0. The number of allylic oxidation sites excluding steroid dienone is 4. The van der Waals surface area contributed by atoms with E-state index < -0.39 is 0 Å². The SMILES string of the molecule is C1=CC2c3ccccc3-c3ccc(N4c5cccc6c5B(c5ccc7c(c54)CCCC7)c4ccc5c(c4N6c4ccc6c7ccccc7c7ccccc7c6c4)CCCC5)cc3C2C=C1. The van der Waals surface area contributed by atoms with Crippen LogP contribution in [0.4, 0.5) is 34.1 Å². The quantitative estimate of drug-likeness (QED) is 0.126. The highest BCUT2D eigenvalue weighted by molar-refractivity contribution is 7.00. The van der Waals surface area contributed by atoms with Gasteiger partial charge in [0.25, 0.3) is 6.71 Å². The summed E-state index contributed by atoms with van der Waals surface area (Å²) in [5, 5.41) is 7.89. The molecule has 4 aliphatic carbocycles. The topological polar surface area (TPSA) is 6.48 Å². The minimum atomic E-state index is 0.128. The molecule has 0 aromatic heterocycles. The average molecular weight is 831 g/mol. The Bertz CT molecular complexity index is 3580. The number of fused-ring (bicyclic) bond motifs is 20. The van der Waals surface area contributed by atoms with Crippen LogP contribution in [-0.4, -0.2) is 6.71 Å². The summed E-state index contributed by atoms with van der Waals surface area (Å²) in [6.07, 6.45) is 18.9. The standard InChI is InChI=1S/C62H47BN2/c1-3-16-42-38(14-1)28-34-56-61(42)64(40-30-32-52-48-22-7-5-18-44(48)46-20-9-11-24-50(46)54(52)36-40)58-26-13-27-59-60(58)63(56)57-35-29-39-15-2-4-17-43(39)62(57)65(59)41-31-33-53-49-23-8-6-19-45(49)47-21-10-12-25-51(47)55(53)37-41/h5-13,18-37,46,50H,1-4,14-17H2. The smallest absolute Gasteiger partial charge is 0.252 e. The normalized spacial score (nSPS) is 18.4. The van der Waals surface area contributed by atoms with Crippen LogP contribution in [0.3, 0.4) is 0 Å². The maximum Gasteiger partial charge on any atom is 0.252 e. The Morgan fingerprint density at radius 3 is 1.55 bits per heavy atom. The Kier molecular flexibility index (Phi) is 7.65. The minimum Gasteiger partial charge on any atom is -0.311 e. The Labute approximate surface area is 381 Å². The van der Waals surface area contributed by atoms with Gasteiger partial charge in [-0.15, -0.1) is 0 Å². The molecule has 2 aliphatic heterocycles. The van der Waals surface area contributed by atoms with Crippen LogP contribution in [0.2, 0.25) is 0 Å². The van der Waals surface area contributed by atoms with Crippen molar-refractivity contribution in [1.29, 1.82) is 0 Å². The third kappa shape index (κ3) is 5.02. The molecule has 0 saturated carbocycles. The second-order valence-corrected chi connectivity index (χ2v) is 19.5. The Morgan fingerprint density at radius 2 is 0.908 bits per heavy atom. The van der Waals surface area contributed by atoms with Crippen LogP contribution in [0, 0.1) is 0 Å². The van der Waals surface area contributed by atoms with E-state index >= 15 is 0 Å². The van der Waals surface area contributed by atoms with Gasteiger partial charge >= 0.3 is 0 Å². The Balaban J connectivity index is 1.01. The molecule has 3 heteroatoms. The lowest BCUT2D eigenvalue weighted by Crippen LogP contribution is -2.62. The largest absolute Gasteiger partial charge is 0.311 e. The van der Waals surface area contributed by atoms with Gasteiger partial charge in [-0.2, -0.15) is 0 Å². The first kappa shape index (κ1) is 36.3. The van der Waals surface area contributed by atoms with Gasteiger partial charge < -0.3 is 9.80 Å². The van der Waals surface area contributed by atoms with E-state index in [1.165, 1.54) is 142 Å². The summed E-state index contributed by atoms with van der Waals surface area (Å²) in [7, 11) is 0.